The molecule has 1 N–H and O–H groups in total. The summed E-state index contributed by atoms with van der Waals surface area (Å²) < 4.78 is 5.35. The van der Waals surface area contributed by atoms with Crippen molar-refractivity contribution in [3.8, 4) is 0 Å². The van der Waals surface area contributed by atoms with Gasteiger partial charge in [-0.2, -0.15) is 0 Å². The van der Waals surface area contributed by atoms with Crippen molar-refractivity contribution >= 4 is 0 Å². The van der Waals surface area contributed by atoms with Crippen LogP contribution >= 0.6 is 0 Å². The highest BCUT2D eigenvalue weighted by atomic mass is 16.5. The summed E-state index contributed by atoms with van der Waals surface area (Å²) >= 11 is 0. The highest BCUT2D eigenvalue weighted by molar-refractivity contribution is 4.81. The highest BCUT2D eigenvalue weighted by Gasteiger charge is 2.22. The van der Waals surface area contributed by atoms with Crippen molar-refractivity contribution in [2.45, 2.75) is 31.3 Å². The molecule has 0 spiro atoms. The van der Waals surface area contributed by atoms with E-state index in [1.54, 1.807) is 0 Å². The zero-order valence-corrected chi connectivity index (χ0v) is 8.46. The molecule has 0 unspecified atom stereocenters. The van der Waals surface area contributed by atoms with Gasteiger partial charge in [-0.05, 0) is 39.4 Å². The van der Waals surface area contributed by atoms with E-state index < -0.39 is 0 Å². The van der Waals surface area contributed by atoms with Gasteiger partial charge in [-0.1, -0.05) is 0 Å². The van der Waals surface area contributed by atoms with E-state index in [0.717, 1.165) is 19.3 Å². The smallest absolute Gasteiger partial charge is 0.0620 e. The van der Waals surface area contributed by atoms with E-state index in [1.807, 2.05) is 0 Å². The molecule has 3 heteroatoms. The lowest BCUT2D eigenvalue weighted by Crippen LogP contribution is -2.45. The van der Waals surface area contributed by atoms with Crippen molar-refractivity contribution in [1.29, 1.82) is 0 Å². The number of nitrogens with zero attached hydrogens (tertiary/aromatic N) is 1. The molecule has 13 heavy (non-hydrogen) atoms. The Balaban J connectivity index is 1.69. The summed E-state index contributed by atoms with van der Waals surface area (Å²) in [6.45, 7) is 4.35. The van der Waals surface area contributed by atoms with Crippen LogP contribution in [0.1, 0.15) is 19.3 Å². The van der Waals surface area contributed by atoms with Crippen LogP contribution in [-0.2, 0) is 4.74 Å². The summed E-state index contributed by atoms with van der Waals surface area (Å²) in [5, 5.41) is 3.69. The molecular formula is C10H20N2O. The van der Waals surface area contributed by atoms with Crippen molar-refractivity contribution < 1.29 is 4.74 Å². The molecule has 76 valence electrons. The maximum atomic E-state index is 5.35. The van der Waals surface area contributed by atoms with Gasteiger partial charge < -0.3 is 15.0 Å². The number of hydrogen-bond acceptors (Lipinski definition) is 3. The Morgan fingerprint density at radius 2 is 1.92 bits per heavy atom. The molecule has 0 amide bonds. The van der Waals surface area contributed by atoms with Gasteiger partial charge in [0.25, 0.3) is 0 Å². The van der Waals surface area contributed by atoms with Crippen LogP contribution in [0.4, 0.5) is 0 Å². The molecule has 1 atom stereocenters. The largest absolute Gasteiger partial charge is 0.380 e. The molecule has 2 saturated heterocycles. The Morgan fingerprint density at radius 1 is 1.15 bits per heavy atom. The van der Waals surface area contributed by atoms with Crippen molar-refractivity contribution in [3.63, 3.8) is 0 Å². The van der Waals surface area contributed by atoms with Crippen LogP contribution in [0.3, 0.4) is 0 Å². The molecular weight excluding hydrogens is 164 g/mol. The molecule has 0 aromatic carbocycles. The van der Waals surface area contributed by atoms with Crippen LogP contribution in [0.25, 0.3) is 0 Å². The zero-order chi connectivity index (χ0) is 9.10. The third-order valence-corrected chi connectivity index (χ3v) is 3.12. The van der Waals surface area contributed by atoms with Crippen LogP contribution in [-0.4, -0.2) is 50.3 Å². The molecule has 0 saturated carbocycles. The summed E-state index contributed by atoms with van der Waals surface area (Å²) in [6.07, 6.45) is 3.80. The molecule has 3 nitrogen and oxygen atoms in total. The lowest BCUT2D eigenvalue weighted by molar-refractivity contribution is 0.179. The van der Waals surface area contributed by atoms with E-state index >= 15 is 0 Å². The van der Waals surface area contributed by atoms with Crippen LogP contribution in [0.5, 0.6) is 0 Å². The number of likely N-dealkylation sites (tertiary alicyclic amines) is 1. The summed E-state index contributed by atoms with van der Waals surface area (Å²) in [4.78, 5) is 2.41. The Hall–Kier alpha value is -0.120. The van der Waals surface area contributed by atoms with Crippen LogP contribution in [0.2, 0.25) is 0 Å². The van der Waals surface area contributed by atoms with Crippen LogP contribution in [0, 0.1) is 0 Å². The predicted octanol–water partition coefficient (Wildman–Crippen LogP) is 0.459. The lowest BCUT2D eigenvalue weighted by atomic mass is 10.0. The Morgan fingerprint density at radius 3 is 2.54 bits per heavy atom. The predicted molar refractivity (Wildman–Crippen MR) is 52.9 cm³/mol. The molecule has 2 fully saturated rings. The van der Waals surface area contributed by atoms with E-state index in [0.29, 0.717) is 6.04 Å². The third-order valence-electron chi connectivity index (χ3n) is 3.12. The van der Waals surface area contributed by atoms with E-state index in [1.165, 1.54) is 32.4 Å². The molecule has 2 rings (SSSR count). The highest BCUT2D eigenvalue weighted by Crippen LogP contribution is 2.12. The SMILES string of the molecule is CN1CCC(N[C@@H]2CCOC2)CC1. The summed E-state index contributed by atoms with van der Waals surface area (Å²) in [5.74, 6) is 0. The Kier molecular flexibility index (Phi) is 3.19. The van der Waals surface area contributed by atoms with Gasteiger partial charge in [0.2, 0.25) is 0 Å². The van der Waals surface area contributed by atoms with Gasteiger partial charge in [0.1, 0.15) is 0 Å². The molecule has 2 aliphatic heterocycles. The van der Waals surface area contributed by atoms with E-state index in [9.17, 15) is 0 Å². The van der Waals surface area contributed by atoms with Gasteiger partial charge in [0.05, 0.1) is 6.61 Å². The van der Waals surface area contributed by atoms with Gasteiger partial charge in [-0.25, -0.2) is 0 Å². The third kappa shape index (κ3) is 2.66. The molecule has 0 radical (unpaired) electrons. The van der Waals surface area contributed by atoms with Gasteiger partial charge in [-0.15, -0.1) is 0 Å². The first-order valence-electron chi connectivity index (χ1n) is 5.37. The minimum absolute atomic E-state index is 0.633. The fraction of sp³-hybridized carbons (Fsp3) is 1.00. The zero-order valence-electron chi connectivity index (χ0n) is 8.46. The average Bonchev–Trinajstić information content (AvgIpc) is 2.62. The summed E-state index contributed by atoms with van der Waals surface area (Å²) in [7, 11) is 2.20. The monoisotopic (exact) mass is 184 g/mol. The van der Waals surface area contributed by atoms with Crippen molar-refractivity contribution in [2.75, 3.05) is 33.4 Å². The average molecular weight is 184 g/mol. The Labute approximate surface area is 80.4 Å². The first-order chi connectivity index (χ1) is 6.34. The first-order valence-corrected chi connectivity index (χ1v) is 5.37. The van der Waals surface area contributed by atoms with E-state index in [2.05, 4.69) is 17.3 Å². The molecule has 2 aliphatic rings. The fourth-order valence-corrected chi connectivity index (χ4v) is 2.17. The second-order valence-electron chi connectivity index (χ2n) is 4.30. The maximum Gasteiger partial charge on any atom is 0.0620 e. The van der Waals surface area contributed by atoms with Crippen molar-refractivity contribution in [1.82, 2.24) is 10.2 Å². The lowest BCUT2D eigenvalue weighted by Gasteiger charge is -2.31. The number of nitrogens with one attached hydrogen (secondary N) is 1. The summed E-state index contributed by atoms with van der Waals surface area (Å²) in [5.41, 5.74) is 0. The number of ether oxygens (including phenoxy) is 1. The molecule has 0 aliphatic carbocycles. The van der Waals surface area contributed by atoms with Gasteiger partial charge in [0, 0.05) is 18.7 Å². The number of hydrogen-bond donors (Lipinski definition) is 1. The first kappa shape index (κ1) is 9.44. The molecule has 0 aromatic heterocycles. The van der Waals surface area contributed by atoms with Crippen LogP contribution < -0.4 is 5.32 Å². The van der Waals surface area contributed by atoms with E-state index in [-0.39, 0.29) is 0 Å². The minimum atomic E-state index is 0.633. The second-order valence-corrected chi connectivity index (χ2v) is 4.30. The number of piperidine rings is 1. The van der Waals surface area contributed by atoms with Crippen molar-refractivity contribution in [3.05, 3.63) is 0 Å². The van der Waals surface area contributed by atoms with Gasteiger partial charge in [0.15, 0.2) is 0 Å². The van der Waals surface area contributed by atoms with E-state index in [4.69, 9.17) is 4.74 Å². The second kappa shape index (κ2) is 4.40. The molecule has 2 heterocycles. The van der Waals surface area contributed by atoms with Gasteiger partial charge in [-0.3, -0.25) is 0 Å². The quantitative estimate of drug-likeness (QED) is 0.675. The van der Waals surface area contributed by atoms with Crippen LogP contribution in [0.15, 0.2) is 0 Å². The molecule has 0 bridgehead atoms. The maximum absolute atomic E-state index is 5.35. The standard InChI is InChI=1S/C10H20N2O/c1-12-5-2-9(3-6-12)11-10-4-7-13-8-10/h9-11H,2-8H2,1H3/t10-/m1/s1. The Bertz CT molecular complexity index is 149. The number of rotatable bonds is 2. The molecule has 0 aromatic rings. The normalized spacial score (nSPS) is 32.5. The topological polar surface area (TPSA) is 24.5 Å². The summed E-state index contributed by atoms with van der Waals surface area (Å²) in [6, 6.07) is 1.37. The van der Waals surface area contributed by atoms with Gasteiger partial charge >= 0.3 is 0 Å². The minimum Gasteiger partial charge on any atom is -0.380 e. The van der Waals surface area contributed by atoms with Crippen molar-refractivity contribution in [2.24, 2.45) is 0 Å². The fourth-order valence-electron chi connectivity index (χ4n) is 2.17.